The van der Waals surface area contributed by atoms with E-state index in [0.29, 0.717) is 51.4 Å². The van der Waals surface area contributed by atoms with Crippen LogP contribution < -0.4 is 5.32 Å². The number of anilines is 1. The average Bonchev–Trinajstić information content (AvgIpc) is 3.52. The lowest BCUT2D eigenvalue weighted by molar-refractivity contribution is 0.145. The van der Waals surface area contributed by atoms with E-state index in [1.165, 1.54) is 6.07 Å². The summed E-state index contributed by atoms with van der Waals surface area (Å²) in [6, 6.07) is 10.7. The molecule has 9 nitrogen and oxygen atoms in total. The lowest BCUT2D eigenvalue weighted by Gasteiger charge is -2.23. The van der Waals surface area contributed by atoms with Crippen molar-refractivity contribution in [3.63, 3.8) is 0 Å². The van der Waals surface area contributed by atoms with Crippen molar-refractivity contribution in [1.29, 1.82) is 0 Å². The van der Waals surface area contributed by atoms with E-state index >= 15 is 4.39 Å². The number of H-pyrrole nitrogens is 2. The number of aromatic amines is 2. The number of pyridine rings is 3. The van der Waals surface area contributed by atoms with Crippen LogP contribution in [-0.2, 0) is 0 Å². The molecule has 0 saturated carbocycles. The number of fused-ring (bicyclic) bond motifs is 2. The molecule has 0 aliphatic carbocycles. The molecule has 10 heteroatoms. The molecule has 5 heterocycles. The summed E-state index contributed by atoms with van der Waals surface area (Å²) in [5.74, 6) is 0.0472. The summed E-state index contributed by atoms with van der Waals surface area (Å²) in [6.45, 7) is 6.18. The van der Waals surface area contributed by atoms with E-state index in [1.807, 2.05) is 30.3 Å². The number of aliphatic hydroxyl groups is 1. The fourth-order valence-corrected chi connectivity index (χ4v) is 4.69. The monoisotopic (exact) mass is 522 g/mol. The predicted octanol–water partition coefficient (Wildman–Crippen LogP) is 5.93. The van der Waals surface area contributed by atoms with Gasteiger partial charge in [0, 0.05) is 41.3 Å². The second-order valence-electron chi connectivity index (χ2n) is 10.7. The maximum atomic E-state index is 15.2. The third-order valence-corrected chi connectivity index (χ3v) is 6.40. The van der Waals surface area contributed by atoms with Gasteiger partial charge >= 0.3 is 0 Å². The summed E-state index contributed by atoms with van der Waals surface area (Å²) in [7, 11) is 0. The van der Waals surface area contributed by atoms with Crippen LogP contribution in [0.4, 0.5) is 10.1 Å². The molecule has 6 aromatic rings. The Labute approximate surface area is 223 Å². The molecule has 1 atom stereocenters. The Morgan fingerprint density at radius 2 is 1.82 bits per heavy atom. The molecule has 196 valence electrons. The molecule has 0 spiro atoms. The van der Waals surface area contributed by atoms with Crippen LogP contribution in [0.15, 0.2) is 67.4 Å². The summed E-state index contributed by atoms with van der Waals surface area (Å²) in [5.41, 5.74) is 5.69. The fourth-order valence-electron chi connectivity index (χ4n) is 4.69. The number of nitrogens with one attached hydrogen (secondary N) is 3. The zero-order valence-corrected chi connectivity index (χ0v) is 21.7. The number of hydrogen-bond donors (Lipinski definition) is 4. The van der Waals surface area contributed by atoms with E-state index in [1.54, 1.807) is 31.0 Å². The Hall–Kier alpha value is -4.70. The van der Waals surface area contributed by atoms with Gasteiger partial charge in [-0.05, 0) is 53.8 Å². The summed E-state index contributed by atoms with van der Waals surface area (Å²) in [4.78, 5) is 21.1. The quantitative estimate of drug-likeness (QED) is 0.200. The number of aliphatic hydroxyl groups excluding tert-OH is 1. The molecule has 0 radical (unpaired) electrons. The van der Waals surface area contributed by atoms with Gasteiger partial charge in [0.2, 0.25) is 0 Å². The van der Waals surface area contributed by atoms with Crippen molar-refractivity contribution in [1.82, 2.24) is 35.1 Å². The minimum Gasteiger partial charge on any atom is -0.374 e. The zero-order valence-electron chi connectivity index (χ0n) is 21.7. The van der Waals surface area contributed by atoms with Crippen LogP contribution in [0.3, 0.4) is 0 Å². The molecule has 0 aliphatic rings. The molecule has 0 bridgehead atoms. The standard InChI is InChI=1S/C29H27FN8O/c1-29(2,3)12-23(39)34-19-9-18(14-32-15-19)17-10-20-25(21(30)11-17)37-38-26(20)28-35-22-6-8-33-24(27(22)36-28)16-5-4-7-31-13-16/h4-11,13-15,23,34,39H,12H2,1-3H3,(H,35,36)(H,37,38). The maximum absolute atomic E-state index is 15.2. The minimum atomic E-state index is -0.735. The highest BCUT2D eigenvalue weighted by Crippen LogP contribution is 2.34. The van der Waals surface area contributed by atoms with Crippen LogP contribution >= 0.6 is 0 Å². The SMILES string of the molecule is CC(C)(C)CC(O)Nc1cncc(-c2cc(F)c3n[nH]c(-c4nc5c(-c6cccnc6)nccc5[nH]4)c3c2)c1. The molecule has 1 aromatic carbocycles. The topological polar surface area (TPSA) is 128 Å². The molecule has 0 saturated heterocycles. The van der Waals surface area contributed by atoms with E-state index in [4.69, 9.17) is 4.98 Å². The van der Waals surface area contributed by atoms with Crippen molar-refractivity contribution < 1.29 is 9.50 Å². The Morgan fingerprint density at radius 3 is 2.62 bits per heavy atom. The molecule has 39 heavy (non-hydrogen) atoms. The minimum absolute atomic E-state index is 0.0469. The molecule has 1 unspecified atom stereocenters. The van der Waals surface area contributed by atoms with Crippen LogP contribution in [0.5, 0.6) is 0 Å². The van der Waals surface area contributed by atoms with Crippen molar-refractivity contribution >= 4 is 27.6 Å². The van der Waals surface area contributed by atoms with Gasteiger partial charge in [-0.3, -0.25) is 20.1 Å². The summed E-state index contributed by atoms with van der Waals surface area (Å²) in [5, 5.41) is 21.3. The molecule has 6 rings (SSSR count). The Kier molecular flexibility index (Phi) is 6.03. The van der Waals surface area contributed by atoms with Crippen LogP contribution in [-0.4, -0.2) is 46.5 Å². The number of benzene rings is 1. The van der Waals surface area contributed by atoms with Crippen molar-refractivity contribution in [2.75, 3.05) is 5.32 Å². The average molecular weight is 523 g/mol. The van der Waals surface area contributed by atoms with Gasteiger partial charge in [0.15, 0.2) is 11.6 Å². The van der Waals surface area contributed by atoms with E-state index in [-0.39, 0.29) is 10.9 Å². The first-order valence-corrected chi connectivity index (χ1v) is 12.6. The number of hydrogen-bond acceptors (Lipinski definition) is 7. The molecule has 5 aromatic heterocycles. The Balaban J connectivity index is 1.39. The first kappa shape index (κ1) is 24.6. The molecule has 4 N–H and O–H groups in total. The van der Waals surface area contributed by atoms with Gasteiger partial charge in [0.1, 0.15) is 23.0 Å². The molecule has 0 fully saturated rings. The van der Waals surface area contributed by atoms with E-state index in [2.05, 4.69) is 56.2 Å². The third kappa shape index (κ3) is 4.94. The number of nitrogens with zero attached hydrogens (tertiary/aromatic N) is 5. The van der Waals surface area contributed by atoms with Gasteiger partial charge in [0.05, 0.1) is 23.1 Å². The highest BCUT2D eigenvalue weighted by atomic mass is 19.1. The number of halogens is 1. The van der Waals surface area contributed by atoms with Gasteiger partial charge in [-0.25, -0.2) is 9.37 Å². The first-order valence-electron chi connectivity index (χ1n) is 12.6. The highest BCUT2D eigenvalue weighted by Gasteiger charge is 2.19. The second kappa shape index (κ2) is 9.55. The molecule has 0 aliphatic heterocycles. The van der Waals surface area contributed by atoms with Crippen molar-refractivity contribution in [3.8, 4) is 33.9 Å². The van der Waals surface area contributed by atoms with Gasteiger partial charge < -0.3 is 15.4 Å². The van der Waals surface area contributed by atoms with Crippen molar-refractivity contribution in [2.45, 2.75) is 33.4 Å². The van der Waals surface area contributed by atoms with Crippen molar-refractivity contribution in [2.24, 2.45) is 5.41 Å². The van der Waals surface area contributed by atoms with Gasteiger partial charge in [-0.1, -0.05) is 20.8 Å². The fraction of sp³-hybridized carbons (Fsp3) is 0.207. The van der Waals surface area contributed by atoms with Gasteiger partial charge in [-0.2, -0.15) is 5.10 Å². The van der Waals surface area contributed by atoms with Crippen LogP contribution in [0, 0.1) is 11.2 Å². The molecular formula is C29H27FN8O. The Morgan fingerprint density at radius 1 is 0.974 bits per heavy atom. The predicted molar refractivity (Wildman–Crippen MR) is 149 cm³/mol. The number of aromatic nitrogens is 7. The summed E-state index contributed by atoms with van der Waals surface area (Å²) < 4.78 is 15.2. The number of imidazole rings is 1. The first-order chi connectivity index (χ1) is 18.7. The Bertz CT molecular complexity index is 1790. The van der Waals surface area contributed by atoms with E-state index in [0.717, 1.165) is 11.1 Å². The lowest BCUT2D eigenvalue weighted by Crippen LogP contribution is -2.25. The van der Waals surface area contributed by atoms with Gasteiger partial charge in [-0.15, -0.1) is 0 Å². The van der Waals surface area contributed by atoms with Crippen LogP contribution in [0.25, 0.3) is 55.8 Å². The smallest absolute Gasteiger partial charge is 0.157 e. The van der Waals surface area contributed by atoms with Crippen LogP contribution in [0.1, 0.15) is 27.2 Å². The van der Waals surface area contributed by atoms with Gasteiger partial charge in [0.25, 0.3) is 0 Å². The lowest BCUT2D eigenvalue weighted by atomic mass is 9.91. The van der Waals surface area contributed by atoms with Crippen molar-refractivity contribution in [3.05, 3.63) is 73.2 Å². The van der Waals surface area contributed by atoms with E-state index in [9.17, 15) is 5.11 Å². The second-order valence-corrected chi connectivity index (χ2v) is 10.7. The number of rotatable bonds is 6. The zero-order chi connectivity index (χ0) is 27.1. The highest BCUT2D eigenvalue weighted by molar-refractivity contribution is 5.97. The third-order valence-electron chi connectivity index (χ3n) is 6.40. The van der Waals surface area contributed by atoms with E-state index < -0.39 is 12.0 Å². The summed E-state index contributed by atoms with van der Waals surface area (Å²) in [6.07, 6.45) is 8.28. The largest absolute Gasteiger partial charge is 0.374 e. The van der Waals surface area contributed by atoms with Crippen LogP contribution in [0.2, 0.25) is 0 Å². The molecular weight excluding hydrogens is 495 g/mol. The maximum Gasteiger partial charge on any atom is 0.157 e. The molecule has 0 amide bonds. The summed E-state index contributed by atoms with van der Waals surface area (Å²) >= 11 is 0. The normalized spacial score (nSPS) is 12.7.